The summed E-state index contributed by atoms with van der Waals surface area (Å²) in [6, 6.07) is 0. The predicted octanol–water partition coefficient (Wildman–Crippen LogP) is 4.36. The minimum absolute atomic E-state index is 0.115. The summed E-state index contributed by atoms with van der Waals surface area (Å²) < 4.78 is 0. The molecule has 0 N–H and O–H groups in total. The molecule has 66 valence electrons. The number of unbranched alkanes of at least 4 members (excludes halogenated alkanes) is 1. The second-order valence-corrected chi connectivity index (χ2v) is 6.69. The van der Waals surface area contributed by atoms with Crippen LogP contribution in [0.15, 0.2) is 0 Å². The lowest BCUT2D eigenvalue weighted by atomic mass is 10.4. The van der Waals surface area contributed by atoms with Crippen LogP contribution in [0.5, 0.6) is 0 Å². The average molecular weight is 193 g/mol. The van der Waals surface area contributed by atoms with Crippen LogP contribution < -0.4 is 0 Å². The highest BCUT2D eigenvalue weighted by Gasteiger charge is 2.22. The molecular weight excluding hydrogens is 175 g/mol. The largest absolute Gasteiger partial charge is 0.0961 e. The van der Waals surface area contributed by atoms with Gasteiger partial charge < -0.3 is 0 Å². The van der Waals surface area contributed by atoms with E-state index in [1.807, 2.05) is 0 Å². The molecule has 0 amide bonds. The maximum absolute atomic E-state index is 6.33. The van der Waals surface area contributed by atoms with Gasteiger partial charge in [0.25, 0.3) is 0 Å². The number of hydrogen-bond donors (Lipinski definition) is 0. The fourth-order valence-electron chi connectivity index (χ4n) is 1.68. The van der Waals surface area contributed by atoms with Crippen LogP contribution in [0.25, 0.3) is 0 Å². The zero-order valence-corrected chi connectivity index (χ0v) is 9.00. The third kappa shape index (κ3) is 3.30. The van der Waals surface area contributed by atoms with E-state index in [2.05, 4.69) is 6.92 Å². The molecule has 0 spiro atoms. The van der Waals surface area contributed by atoms with E-state index < -0.39 is 0 Å². The van der Waals surface area contributed by atoms with Crippen molar-refractivity contribution in [1.82, 2.24) is 0 Å². The number of halogens is 1. The maximum atomic E-state index is 6.33. The first-order valence-electron chi connectivity index (χ1n) is 4.77. The molecule has 0 nitrogen and oxygen atoms in total. The molecule has 1 atom stereocenters. The highest BCUT2D eigenvalue weighted by atomic mass is 35.7. The molecule has 0 saturated heterocycles. The average Bonchev–Trinajstić information content (AvgIpc) is 2.52. The van der Waals surface area contributed by atoms with E-state index in [9.17, 15) is 0 Å². The van der Waals surface area contributed by atoms with E-state index in [-0.39, 0.29) is 7.27 Å². The third-order valence-electron chi connectivity index (χ3n) is 2.45. The summed E-state index contributed by atoms with van der Waals surface area (Å²) in [6.07, 6.45) is 9.64. The quantitative estimate of drug-likeness (QED) is 0.581. The predicted molar refractivity (Wildman–Crippen MR) is 54.8 cm³/mol. The number of hydrogen-bond acceptors (Lipinski definition) is 0. The van der Waals surface area contributed by atoms with Crippen LogP contribution in [0.3, 0.4) is 0 Å². The lowest BCUT2D eigenvalue weighted by molar-refractivity contribution is 0.861. The van der Waals surface area contributed by atoms with E-state index in [0.717, 1.165) is 5.66 Å². The lowest BCUT2D eigenvalue weighted by Gasteiger charge is -2.15. The lowest BCUT2D eigenvalue weighted by Crippen LogP contribution is -1.97. The van der Waals surface area contributed by atoms with Crippen LogP contribution in [-0.2, 0) is 0 Å². The summed E-state index contributed by atoms with van der Waals surface area (Å²) in [5.41, 5.74) is 0.915. The van der Waals surface area contributed by atoms with Gasteiger partial charge in [-0.05, 0) is 38.4 Å². The minimum atomic E-state index is -0.115. The fourth-order valence-corrected chi connectivity index (χ4v) is 4.53. The molecule has 0 aromatic carbocycles. The molecule has 1 unspecified atom stereocenters. The van der Waals surface area contributed by atoms with E-state index in [1.54, 1.807) is 0 Å². The second-order valence-electron chi connectivity index (χ2n) is 3.42. The SMILES string of the molecule is CCCCP(Cl)C1CCCC1. The van der Waals surface area contributed by atoms with Crippen molar-refractivity contribution in [2.24, 2.45) is 0 Å². The van der Waals surface area contributed by atoms with E-state index in [0.29, 0.717) is 0 Å². The molecule has 1 fully saturated rings. The molecule has 0 radical (unpaired) electrons. The molecule has 0 aliphatic heterocycles. The topological polar surface area (TPSA) is 0 Å². The summed E-state index contributed by atoms with van der Waals surface area (Å²) in [5.74, 6) is 0. The van der Waals surface area contributed by atoms with Gasteiger partial charge in [0.2, 0.25) is 0 Å². The maximum Gasteiger partial charge on any atom is -0.00656 e. The van der Waals surface area contributed by atoms with Crippen molar-refractivity contribution < 1.29 is 0 Å². The van der Waals surface area contributed by atoms with Crippen molar-refractivity contribution in [2.45, 2.75) is 51.1 Å². The zero-order valence-electron chi connectivity index (χ0n) is 7.35. The molecule has 1 aliphatic rings. The normalized spacial score (nSPS) is 22.4. The smallest absolute Gasteiger partial charge is 0.00656 e. The van der Waals surface area contributed by atoms with E-state index >= 15 is 0 Å². The van der Waals surface area contributed by atoms with Crippen molar-refractivity contribution >= 4 is 18.5 Å². The van der Waals surface area contributed by atoms with E-state index in [1.165, 1.54) is 44.7 Å². The minimum Gasteiger partial charge on any atom is -0.0961 e. The van der Waals surface area contributed by atoms with Crippen LogP contribution >= 0.6 is 18.5 Å². The van der Waals surface area contributed by atoms with Gasteiger partial charge in [-0.1, -0.05) is 37.4 Å². The van der Waals surface area contributed by atoms with Gasteiger partial charge in [0, 0.05) is 0 Å². The van der Waals surface area contributed by atoms with Gasteiger partial charge in [-0.25, -0.2) is 0 Å². The van der Waals surface area contributed by atoms with Crippen molar-refractivity contribution in [1.29, 1.82) is 0 Å². The third-order valence-corrected chi connectivity index (χ3v) is 5.83. The summed E-state index contributed by atoms with van der Waals surface area (Å²) in [7, 11) is -0.115. The summed E-state index contributed by atoms with van der Waals surface area (Å²) in [6.45, 7) is 2.24. The van der Waals surface area contributed by atoms with Gasteiger partial charge in [-0.2, -0.15) is 0 Å². The van der Waals surface area contributed by atoms with Crippen molar-refractivity contribution in [3.8, 4) is 0 Å². The Bertz CT molecular complexity index is 99.7. The Morgan fingerprint density at radius 2 is 2.00 bits per heavy atom. The first kappa shape index (κ1) is 9.81. The molecule has 1 aliphatic carbocycles. The standard InChI is InChI=1S/C9H18ClP/c1-2-3-8-11(10)9-6-4-5-7-9/h9H,2-8H2,1H3. The van der Waals surface area contributed by atoms with Gasteiger partial charge in [0.15, 0.2) is 0 Å². The van der Waals surface area contributed by atoms with Gasteiger partial charge in [-0.3, -0.25) is 0 Å². The van der Waals surface area contributed by atoms with E-state index in [4.69, 9.17) is 11.2 Å². The fraction of sp³-hybridized carbons (Fsp3) is 1.00. The van der Waals surface area contributed by atoms with Crippen LogP contribution in [0, 0.1) is 0 Å². The summed E-state index contributed by atoms with van der Waals surface area (Å²) in [5, 5.41) is 0. The molecule has 1 saturated carbocycles. The van der Waals surface area contributed by atoms with Gasteiger partial charge in [0.05, 0.1) is 0 Å². The first-order chi connectivity index (χ1) is 5.34. The molecular formula is C9H18ClP. The highest BCUT2D eigenvalue weighted by Crippen LogP contribution is 2.53. The number of rotatable bonds is 4. The monoisotopic (exact) mass is 192 g/mol. The molecule has 0 heterocycles. The Morgan fingerprint density at radius 3 is 2.55 bits per heavy atom. The Labute approximate surface area is 76.2 Å². The Hall–Kier alpha value is 0.720. The Balaban J connectivity index is 2.12. The van der Waals surface area contributed by atoms with Crippen LogP contribution in [-0.4, -0.2) is 11.8 Å². The van der Waals surface area contributed by atoms with Gasteiger partial charge in [-0.15, -0.1) is 0 Å². The van der Waals surface area contributed by atoms with Crippen LogP contribution in [0.1, 0.15) is 45.4 Å². The highest BCUT2D eigenvalue weighted by molar-refractivity contribution is 7.84. The summed E-state index contributed by atoms with van der Waals surface area (Å²) in [4.78, 5) is 0. The molecule has 2 heteroatoms. The molecule has 0 aromatic heterocycles. The first-order valence-corrected chi connectivity index (χ1v) is 7.27. The van der Waals surface area contributed by atoms with Crippen molar-refractivity contribution in [3.05, 3.63) is 0 Å². The zero-order chi connectivity index (χ0) is 8.10. The van der Waals surface area contributed by atoms with Crippen molar-refractivity contribution in [3.63, 3.8) is 0 Å². The molecule has 1 rings (SSSR count). The van der Waals surface area contributed by atoms with Crippen molar-refractivity contribution in [2.75, 3.05) is 6.16 Å². The van der Waals surface area contributed by atoms with Gasteiger partial charge in [0.1, 0.15) is 0 Å². The Kier molecular flexibility index (Phi) is 4.80. The van der Waals surface area contributed by atoms with Crippen LogP contribution in [0.4, 0.5) is 0 Å². The molecule has 0 bridgehead atoms. The van der Waals surface area contributed by atoms with Gasteiger partial charge >= 0.3 is 0 Å². The summed E-state index contributed by atoms with van der Waals surface area (Å²) >= 11 is 6.33. The Morgan fingerprint density at radius 1 is 1.36 bits per heavy atom. The molecule has 0 aromatic rings. The second kappa shape index (κ2) is 5.38. The van der Waals surface area contributed by atoms with Crippen LogP contribution in [0.2, 0.25) is 0 Å². The molecule has 11 heavy (non-hydrogen) atoms.